The zero-order chi connectivity index (χ0) is 15.0. The maximum Gasteiger partial charge on any atom is 0.292 e. The van der Waals surface area contributed by atoms with E-state index in [1.807, 2.05) is 0 Å². The molecule has 0 fully saturated rings. The summed E-state index contributed by atoms with van der Waals surface area (Å²) in [7, 11) is 0. The first-order chi connectivity index (χ1) is 10.1. The molecule has 0 aliphatic heterocycles. The molecule has 1 aliphatic carbocycles. The highest BCUT2D eigenvalue weighted by atomic mass is 79.9. The predicted octanol–water partition coefficient (Wildman–Crippen LogP) is 4.35. The van der Waals surface area contributed by atoms with Gasteiger partial charge in [0, 0.05) is 4.88 Å². The van der Waals surface area contributed by atoms with E-state index in [-0.39, 0.29) is 11.7 Å². The summed E-state index contributed by atoms with van der Waals surface area (Å²) in [6.45, 7) is 2.19. The van der Waals surface area contributed by atoms with E-state index in [0.717, 1.165) is 24.8 Å². The van der Waals surface area contributed by atoms with Crippen molar-refractivity contribution in [1.29, 1.82) is 5.26 Å². The Morgan fingerprint density at radius 1 is 1.57 bits per heavy atom. The maximum atomic E-state index is 12.1. The lowest BCUT2D eigenvalue weighted by molar-refractivity contribution is 0.0996. The fraction of sp³-hybridized carbons (Fsp3) is 0.333. The van der Waals surface area contributed by atoms with Gasteiger partial charge in [0.2, 0.25) is 0 Å². The molecule has 0 unspecified atom stereocenters. The number of fused-ring (bicyclic) bond motifs is 1. The van der Waals surface area contributed by atoms with Gasteiger partial charge >= 0.3 is 0 Å². The van der Waals surface area contributed by atoms with Crippen molar-refractivity contribution in [2.75, 3.05) is 5.32 Å². The Kier molecular flexibility index (Phi) is 3.87. The van der Waals surface area contributed by atoms with E-state index in [1.54, 1.807) is 12.1 Å². The number of carbonyl (C=O) groups excluding carboxylic acids is 1. The standard InChI is InChI=1S/C15H13BrN2O2S/c1-8-2-4-12-9(6-8)10(7-17)15(21-12)18-14(19)11-3-5-13(16)20-11/h3,5,8H,2,4,6H2,1H3,(H,18,19)/t8-/m1/s1. The van der Waals surface area contributed by atoms with Gasteiger partial charge < -0.3 is 9.73 Å². The summed E-state index contributed by atoms with van der Waals surface area (Å²) in [5, 5.41) is 12.9. The Hall–Kier alpha value is -1.58. The van der Waals surface area contributed by atoms with E-state index in [9.17, 15) is 10.1 Å². The van der Waals surface area contributed by atoms with E-state index in [4.69, 9.17) is 4.42 Å². The number of hydrogen-bond acceptors (Lipinski definition) is 4. The Morgan fingerprint density at radius 3 is 3.05 bits per heavy atom. The van der Waals surface area contributed by atoms with Crippen molar-refractivity contribution in [1.82, 2.24) is 0 Å². The highest BCUT2D eigenvalue weighted by molar-refractivity contribution is 9.10. The molecular weight excluding hydrogens is 352 g/mol. The second kappa shape index (κ2) is 5.66. The number of anilines is 1. The molecule has 2 heterocycles. The summed E-state index contributed by atoms with van der Waals surface area (Å²) in [5.74, 6) is 0.484. The van der Waals surface area contributed by atoms with Crippen LogP contribution >= 0.6 is 27.3 Å². The molecule has 0 radical (unpaired) electrons. The molecule has 0 bridgehead atoms. The van der Waals surface area contributed by atoms with Gasteiger partial charge in [-0.25, -0.2) is 0 Å². The monoisotopic (exact) mass is 364 g/mol. The van der Waals surface area contributed by atoms with Crippen LogP contribution in [0.25, 0.3) is 0 Å². The van der Waals surface area contributed by atoms with Crippen molar-refractivity contribution < 1.29 is 9.21 Å². The van der Waals surface area contributed by atoms with Crippen molar-refractivity contribution in [3.8, 4) is 6.07 Å². The lowest BCUT2D eigenvalue weighted by Crippen LogP contribution is -2.11. The van der Waals surface area contributed by atoms with Gasteiger partial charge in [-0.1, -0.05) is 6.92 Å². The maximum absolute atomic E-state index is 12.1. The molecule has 4 nitrogen and oxygen atoms in total. The molecule has 21 heavy (non-hydrogen) atoms. The van der Waals surface area contributed by atoms with Gasteiger partial charge in [-0.2, -0.15) is 5.26 Å². The fourth-order valence-corrected chi connectivity index (χ4v) is 4.06. The van der Waals surface area contributed by atoms with Gasteiger partial charge in [-0.3, -0.25) is 4.79 Å². The molecule has 108 valence electrons. The quantitative estimate of drug-likeness (QED) is 0.860. The van der Waals surface area contributed by atoms with Crippen LogP contribution in [-0.2, 0) is 12.8 Å². The van der Waals surface area contributed by atoms with Crippen LogP contribution in [0.2, 0.25) is 0 Å². The van der Waals surface area contributed by atoms with Crippen molar-refractivity contribution in [2.45, 2.75) is 26.2 Å². The Labute approximate surface area is 134 Å². The van der Waals surface area contributed by atoms with E-state index >= 15 is 0 Å². The number of rotatable bonds is 2. The van der Waals surface area contributed by atoms with Crippen LogP contribution in [-0.4, -0.2) is 5.91 Å². The SMILES string of the molecule is C[C@@H]1CCc2sc(NC(=O)c3ccc(Br)o3)c(C#N)c2C1. The first-order valence-corrected chi connectivity index (χ1v) is 8.30. The first kappa shape index (κ1) is 14.4. The van der Waals surface area contributed by atoms with Gasteiger partial charge in [-0.15, -0.1) is 11.3 Å². The Bertz CT molecular complexity index is 741. The van der Waals surface area contributed by atoms with Crippen LogP contribution in [0.5, 0.6) is 0 Å². The number of amides is 1. The number of nitriles is 1. The van der Waals surface area contributed by atoms with Gasteiger partial charge in [-0.05, 0) is 58.8 Å². The third kappa shape index (κ3) is 2.76. The van der Waals surface area contributed by atoms with Crippen molar-refractivity contribution >= 4 is 38.2 Å². The molecule has 1 N–H and O–H groups in total. The average Bonchev–Trinajstić information content (AvgIpc) is 3.02. The third-order valence-corrected chi connectivity index (χ3v) is 5.28. The minimum atomic E-state index is -0.330. The molecule has 1 atom stereocenters. The number of nitrogens with one attached hydrogen (secondary N) is 1. The fourth-order valence-electron chi connectivity index (χ4n) is 2.57. The smallest absolute Gasteiger partial charge is 0.292 e. The lowest BCUT2D eigenvalue weighted by Gasteiger charge is -2.17. The van der Waals surface area contributed by atoms with Gasteiger partial charge in [0.25, 0.3) is 5.91 Å². The minimum Gasteiger partial charge on any atom is -0.444 e. The Balaban J connectivity index is 1.89. The van der Waals surface area contributed by atoms with Gasteiger partial charge in [0.1, 0.15) is 11.1 Å². The molecular formula is C15H13BrN2O2S. The van der Waals surface area contributed by atoms with Crippen molar-refractivity contribution in [2.24, 2.45) is 5.92 Å². The number of thiophene rings is 1. The normalized spacial score (nSPS) is 17.1. The molecule has 0 aromatic carbocycles. The summed E-state index contributed by atoms with van der Waals surface area (Å²) >= 11 is 4.68. The molecule has 0 spiro atoms. The summed E-state index contributed by atoms with van der Waals surface area (Å²) in [6.07, 6.45) is 3.03. The summed E-state index contributed by atoms with van der Waals surface area (Å²) in [6, 6.07) is 5.51. The number of hydrogen-bond donors (Lipinski definition) is 1. The number of aryl methyl sites for hydroxylation is 1. The second-order valence-corrected chi connectivity index (χ2v) is 7.11. The topological polar surface area (TPSA) is 66.0 Å². The lowest BCUT2D eigenvalue weighted by atomic mass is 9.88. The third-order valence-electron chi connectivity index (χ3n) is 3.64. The molecule has 0 saturated carbocycles. The zero-order valence-electron chi connectivity index (χ0n) is 11.4. The molecule has 3 rings (SSSR count). The van der Waals surface area contributed by atoms with Crippen LogP contribution in [0, 0.1) is 17.2 Å². The average molecular weight is 365 g/mol. The van der Waals surface area contributed by atoms with Gasteiger partial charge in [0.05, 0.1) is 5.56 Å². The van der Waals surface area contributed by atoms with Crippen LogP contribution in [0.1, 0.15) is 39.9 Å². The molecule has 2 aromatic rings. The number of nitrogens with zero attached hydrogens (tertiary/aromatic N) is 1. The predicted molar refractivity (Wildman–Crippen MR) is 84.6 cm³/mol. The van der Waals surface area contributed by atoms with Crippen molar-refractivity contribution in [3.05, 3.63) is 38.6 Å². The molecule has 0 saturated heterocycles. The Morgan fingerprint density at radius 2 is 2.38 bits per heavy atom. The number of carbonyl (C=O) groups is 1. The van der Waals surface area contributed by atoms with Crippen LogP contribution in [0.4, 0.5) is 5.00 Å². The summed E-state index contributed by atoms with van der Waals surface area (Å²) in [4.78, 5) is 13.4. The highest BCUT2D eigenvalue weighted by Crippen LogP contribution is 2.39. The van der Waals surface area contributed by atoms with Gasteiger partial charge in [0.15, 0.2) is 10.4 Å². The van der Waals surface area contributed by atoms with Crippen LogP contribution in [0.3, 0.4) is 0 Å². The van der Waals surface area contributed by atoms with E-state index in [2.05, 4.69) is 34.2 Å². The van der Waals surface area contributed by atoms with E-state index in [1.165, 1.54) is 16.2 Å². The molecule has 6 heteroatoms. The largest absolute Gasteiger partial charge is 0.444 e. The van der Waals surface area contributed by atoms with E-state index in [0.29, 0.717) is 21.2 Å². The highest BCUT2D eigenvalue weighted by Gasteiger charge is 2.25. The van der Waals surface area contributed by atoms with Crippen molar-refractivity contribution in [3.63, 3.8) is 0 Å². The minimum absolute atomic E-state index is 0.227. The molecule has 1 amide bonds. The second-order valence-electron chi connectivity index (χ2n) is 5.23. The molecule has 1 aliphatic rings. The first-order valence-electron chi connectivity index (χ1n) is 6.69. The molecule has 2 aromatic heterocycles. The zero-order valence-corrected chi connectivity index (χ0v) is 13.8. The summed E-state index contributed by atoms with van der Waals surface area (Å²) < 4.78 is 5.74. The van der Waals surface area contributed by atoms with Crippen LogP contribution < -0.4 is 5.32 Å². The summed E-state index contributed by atoms with van der Waals surface area (Å²) in [5.41, 5.74) is 1.72. The number of halogens is 1. The van der Waals surface area contributed by atoms with Crippen LogP contribution in [0.15, 0.2) is 21.2 Å². The number of furan rings is 1. The van der Waals surface area contributed by atoms with E-state index < -0.39 is 0 Å².